The number of hydrogen-bond acceptors (Lipinski definition) is 4. The third-order valence-corrected chi connectivity index (χ3v) is 5.45. The van der Waals surface area contributed by atoms with Gasteiger partial charge in [-0.2, -0.15) is 0 Å². The van der Waals surface area contributed by atoms with Crippen molar-refractivity contribution in [2.24, 2.45) is 0 Å². The van der Waals surface area contributed by atoms with Gasteiger partial charge in [0.15, 0.2) is 5.78 Å². The van der Waals surface area contributed by atoms with Crippen LogP contribution in [0.2, 0.25) is 0 Å². The van der Waals surface area contributed by atoms with E-state index in [0.29, 0.717) is 12.0 Å². The van der Waals surface area contributed by atoms with Crippen molar-refractivity contribution < 1.29 is 19.7 Å². The molecule has 2 N–H and O–H groups in total. The number of ether oxygens (including phenoxy) is 1. The van der Waals surface area contributed by atoms with E-state index in [2.05, 4.69) is 32.9 Å². The molecule has 2 aromatic rings. The van der Waals surface area contributed by atoms with Gasteiger partial charge in [0.05, 0.1) is 6.42 Å². The number of hydrogen-bond donors (Lipinski definition) is 2. The van der Waals surface area contributed by atoms with Crippen LogP contribution < -0.4 is 4.74 Å². The van der Waals surface area contributed by atoms with E-state index in [4.69, 9.17) is 4.74 Å². The summed E-state index contributed by atoms with van der Waals surface area (Å²) < 4.78 is 6.08. The van der Waals surface area contributed by atoms with Gasteiger partial charge >= 0.3 is 0 Å². The zero-order valence-corrected chi connectivity index (χ0v) is 18.4. The first-order valence-corrected chi connectivity index (χ1v) is 10.3. The highest BCUT2D eigenvalue weighted by Gasteiger charge is 2.32. The van der Waals surface area contributed by atoms with Crippen molar-refractivity contribution in [1.29, 1.82) is 0 Å². The van der Waals surface area contributed by atoms with Gasteiger partial charge in [0.25, 0.3) is 0 Å². The lowest BCUT2D eigenvalue weighted by Gasteiger charge is -2.27. The molecule has 0 amide bonds. The Morgan fingerprint density at radius 2 is 1.73 bits per heavy atom. The van der Waals surface area contributed by atoms with E-state index < -0.39 is 6.10 Å². The van der Waals surface area contributed by atoms with Crippen LogP contribution in [0.4, 0.5) is 0 Å². The van der Waals surface area contributed by atoms with Crippen molar-refractivity contribution in [3.63, 3.8) is 0 Å². The molecule has 0 saturated carbocycles. The number of phenols is 2. The molecule has 2 aromatic carbocycles. The highest BCUT2D eigenvalue weighted by molar-refractivity contribution is 6.03. The predicted molar refractivity (Wildman–Crippen MR) is 120 cm³/mol. The summed E-state index contributed by atoms with van der Waals surface area (Å²) >= 11 is 0. The minimum absolute atomic E-state index is 0.0645. The van der Waals surface area contributed by atoms with Crippen LogP contribution in [0, 0.1) is 6.92 Å². The van der Waals surface area contributed by atoms with Gasteiger partial charge in [-0.25, -0.2) is 0 Å². The van der Waals surface area contributed by atoms with Gasteiger partial charge in [-0.05, 0) is 64.2 Å². The predicted octanol–water partition coefficient (Wildman–Crippen LogP) is 6.13. The van der Waals surface area contributed by atoms with Crippen molar-refractivity contribution in [1.82, 2.24) is 0 Å². The van der Waals surface area contributed by atoms with Gasteiger partial charge in [0.1, 0.15) is 28.9 Å². The fourth-order valence-electron chi connectivity index (χ4n) is 3.62. The van der Waals surface area contributed by atoms with Gasteiger partial charge in [0.2, 0.25) is 0 Å². The molecule has 0 fully saturated rings. The Hall–Kier alpha value is -3.01. The molecule has 1 aliphatic heterocycles. The topological polar surface area (TPSA) is 66.8 Å². The Bertz CT molecular complexity index is 1040. The maximum atomic E-state index is 12.9. The van der Waals surface area contributed by atoms with E-state index in [0.717, 1.165) is 17.6 Å². The molecule has 0 radical (unpaired) electrons. The third-order valence-electron chi connectivity index (χ3n) is 5.45. The van der Waals surface area contributed by atoms with Crippen LogP contribution in [0.25, 0.3) is 0 Å². The molecule has 30 heavy (non-hydrogen) atoms. The van der Waals surface area contributed by atoms with E-state index in [1.165, 1.54) is 22.8 Å². The molecule has 1 aliphatic rings. The second-order valence-electron chi connectivity index (χ2n) is 8.49. The summed E-state index contributed by atoms with van der Waals surface area (Å²) in [5.41, 5.74) is 6.15. The number of rotatable bonds is 5. The zero-order chi connectivity index (χ0) is 22.0. The first kappa shape index (κ1) is 21.7. The molecular weight excluding hydrogens is 376 g/mol. The zero-order valence-electron chi connectivity index (χ0n) is 18.4. The lowest BCUT2D eigenvalue weighted by Crippen LogP contribution is -2.21. The summed E-state index contributed by atoms with van der Waals surface area (Å²) in [5, 5.41) is 21.1. The highest BCUT2D eigenvalue weighted by atomic mass is 16.5. The fraction of sp³-hybridized carbons (Fsp3) is 0.346. The van der Waals surface area contributed by atoms with E-state index in [9.17, 15) is 15.0 Å². The minimum Gasteiger partial charge on any atom is -0.507 e. The number of aromatic hydroxyl groups is 2. The second kappa shape index (κ2) is 8.78. The van der Waals surface area contributed by atoms with Gasteiger partial charge in [-0.1, -0.05) is 41.5 Å². The molecule has 0 aromatic heterocycles. The molecule has 4 nitrogen and oxygen atoms in total. The molecule has 158 valence electrons. The standard InChI is InChI=1S/C26H30O4/c1-15(2)6-9-18-12-19(10-8-17(18)5)23-14-22(28)25-24(30-23)13-21(27)20(26(25)29)11-7-16(3)4/h6-8,10,12-13,23,27,29H,9,11,14H2,1-5H3/t23-/m0/s1. The van der Waals surface area contributed by atoms with Gasteiger partial charge in [0, 0.05) is 11.6 Å². The van der Waals surface area contributed by atoms with Crippen molar-refractivity contribution in [2.45, 2.75) is 60.0 Å². The molecule has 0 aliphatic carbocycles. The van der Waals surface area contributed by atoms with E-state index >= 15 is 0 Å². The van der Waals surface area contributed by atoms with Crippen molar-refractivity contribution in [3.05, 3.63) is 75.4 Å². The Labute approximate surface area is 178 Å². The number of carbonyl (C=O) groups excluding carboxylic acids is 1. The van der Waals surface area contributed by atoms with Crippen LogP contribution >= 0.6 is 0 Å². The average molecular weight is 407 g/mol. The number of benzene rings is 2. The maximum absolute atomic E-state index is 12.9. The van der Waals surface area contributed by atoms with Crippen LogP contribution in [0.3, 0.4) is 0 Å². The smallest absolute Gasteiger partial charge is 0.174 e. The van der Waals surface area contributed by atoms with Crippen molar-refractivity contribution in [3.8, 4) is 17.2 Å². The molecule has 0 unspecified atom stereocenters. The Morgan fingerprint density at radius 3 is 2.40 bits per heavy atom. The number of fused-ring (bicyclic) bond motifs is 1. The number of aryl methyl sites for hydroxylation is 1. The molecule has 1 atom stereocenters. The lowest BCUT2D eigenvalue weighted by atomic mass is 9.91. The Kier molecular flexibility index (Phi) is 6.35. The quantitative estimate of drug-likeness (QED) is 0.586. The van der Waals surface area contributed by atoms with Crippen molar-refractivity contribution >= 4 is 5.78 Å². The van der Waals surface area contributed by atoms with Gasteiger partial charge in [-0.15, -0.1) is 0 Å². The maximum Gasteiger partial charge on any atom is 0.174 e. The summed E-state index contributed by atoms with van der Waals surface area (Å²) in [4.78, 5) is 12.9. The summed E-state index contributed by atoms with van der Waals surface area (Å²) in [5.74, 6) is -0.188. The summed E-state index contributed by atoms with van der Waals surface area (Å²) in [6.45, 7) is 10.1. The number of ketones is 1. The van der Waals surface area contributed by atoms with Crippen LogP contribution in [0.15, 0.2) is 47.6 Å². The van der Waals surface area contributed by atoms with Crippen LogP contribution in [0.5, 0.6) is 17.2 Å². The van der Waals surface area contributed by atoms with Crippen molar-refractivity contribution in [2.75, 3.05) is 0 Å². The van der Waals surface area contributed by atoms with Crippen LogP contribution in [-0.4, -0.2) is 16.0 Å². The summed E-state index contributed by atoms with van der Waals surface area (Å²) in [7, 11) is 0. The normalized spacial score (nSPS) is 15.2. The Balaban J connectivity index is 1.95. The number of Topliss-reactive ketones (excluding diaryl/α,β-unsaturated/α-hetero) is 1. The molecular formula is C26H30O4. The molecule has 0 saturated heterocycles. The monoisotopic (exact) mass is 406 g/mol. The fourth-order valence-corrected chi connectivity index (χ4v) is 3.62. The Morgan fingerprint density at radius 1 is 1.07 bits per heavy atom. The van der Waals surface area contributed by atoms with Gasteiger partial charge in [-0.3, -0.25) is 4.79 Å². The van der Waals surface area contributed by atoms with E-state index in [1.54, 1.807) is 0 Å². The second-order valence-corrected chi connectivity index (χ2v) is 8.49. The number of carbonyl (C=O) groups is 1. The van der Waals surface area contributed by atoms with Crippen LogP contribution in [0.1, 0.15) is 72.8 Å². The minimum atomic E-state index is -0.446. The molecule has 4 heteroatoms. The first-order valence-electron chi connectivity index (χ1n) is 10.3. The largest absolute Gasteiger partial charge is 0.507 e. The first-order chi connectivity index (χ1) is 14.2. The molecule has 1 heterocycles. The summed E-state index contributed by atoms with van der Waals surface area (Å²) in [6, 6.07) is 7.56. The van der Waals surface area contributed by atoms with E-state index in [-0.39, 0.29) is 35.0 Å². The molecule has 0 spiro atoms. The van der Waals surface area contributed by atoms with E-state index in [1.807, 2.05) is 32.1 Å². The number of allylic oxidation sites excluding steroid dienone is 4. The SMILES string of the molecule is CC(C)=CCc1cc([C@@H]2CC(=O)c3c(cc(O)c(CC=C(C)C)c3O)O2)ccc1C. The number of phenolic OH excluding ortho intramolecular Hbond substituents is 2. The summed E-state index contributed by atoms with van der Waals surface area (Å²) in [6.07, 6.45) is 4.97. The highest BCUT2D eigenvalue weighted by Crippen LogP contribution is 2.44. The third kappa shape index (κ3) is 4.59. The lowest BCUT2D eigenvalue weighted by molar-refractivity contribution is 0.0844. The molecule has 0 bridgehead atoms. The van der Waals surface area contributed by atoms with Crippen LogP contribution in [-0.2, 0) is 12.8 Å². The molecule has 3 rings (SSSR count). The average Bonchev–Trinajstić information content (AvgIpc) is 2.66. The van der Waals surface area contributed by atoms with Gasteiger partial charge < -0.3 is 14.9 Å².